The van der Waals surface area contributed by atoms with Crippen molar-refractivity contribution >= 4 is 16.9 Å². The minimum Gasteiger partial charge on any atom is -0.461 e. The third kappa shape index (κ3) is 2.89. The first kappa shape index (κ1) is 14.8. The van der Waals surface area contributed by atoms with Crippen molar-refractivity contribution in [3.63, 3.8) is 0 Å². The zero-order valence-electron chi connectivity index (χ0n) is 12.7. The van der Waals surface area contributed by atoms with Crippen molar-refractivity contribution in [2.75, 3.05) is 0 Å². The highest BCUT2D eigenvalue weighted by Crippen LogP contribution is 2.22. The maximum absolute atomic E-state index is 12.5. The van der Waals surface area contributed by atoms with Crippen LogP contribution < -0.4 is 5.56 Å². The summed E-state index contributed by atoms with van der Waals surface area (Å²) in [6.45, 7) is 1.68. The van der Waals surface area contributed by atoms with Crippen molar-refractivity contribution in [3.05, 3.63) is 40.9 Å². The number of benzene rings is 1. The van der Waals surface area contributed by atoms with Crippen LogP contribution in [0.1, 0.15) is 45.1 Å². The van der Waals surface area contributed by atoms with Crippen molar-refractivity contribution in [1.82, 2.24) is 9.55 Å². The Bertz CT molecular complexity index is 732. The molecule has 1 aliphatic rings. The molecule has 5 nitrogen and oxygen atoms in total. The summed E-state index contributed by atoms with van der Waals surface area (Å²) < 4.78 is 6.90. The summed E-state index contributed by atoms with van der Waals surface area (Å²) >= 11 is 0. The largest absolute Gasteiger partial charge is 0.461 e. The number of fused-ring (bicyclic) bond motifs is 1. The van der Waals surface area contributed by atoms with E-state index in [1.54, 1.807) is 25.1 Å². The minimum absolute atomic E-state index is 0.00665. The number of carbonyl (C=O) groups is 1. The van der Waals surface area contributed by atoms with Crippen molar-refractivity contribution < 1.29 is 9.53 Å². The molecule has 0 aliphatic heterocycles. The predicted molar refractivity (Wildman–Crippen MR) is 83.7 cm³/mol. The first-order valence-electron chi connectivity index (χ1n) is 7.83. The third-order valence-electron chi connectivity index (χ3n) is 4.28. The number of rotatable bonds is 3. The quantitative estimate of drug-likeness (QED) is 0.818. The van der Waals surface area contributed by atoms with Gasteiger partial charge in [-0.15, -0.1) is 0 Å². The lowest BCUT2D eigenvalue weighted by atomic mass is 9.98. The highest BCUT2D eigenvalue weighted by atomic mass is 16.5. The normalized spacial score (nSPS) is 17.3. The van der Waals surface area contributed by atoms with Crippen LogP contribution >= 0.6 is 0 Å². The van der Waals surface area contributed by atoms with E-state index in [0.717, 1.165) is 25.7 Å². The van der Waals surface area contributed by atoms with Crippen LogP contribution in [0.3, 0.4) is 0 Å². The van der Waals surface area contributed by atoms with E-state index in [2.05, 4.69) is 4.98 Å². The average molecular weight is 300 g/mol. The fourth-order valence-corrected chi connectivity index (χ4v) is 2.92. The molecule has 5 heteroatoms. The van der Waals surface area contributed by atoms with E-state index in [9.17, 15) is 9.59 Å². The van der Waals surface area contributed by atoms with Gasteiger partial charge in [0.25, 0.3) is 5.56 Å². The van der Waals surface area contributed by atoms with E-state index in [0.29, 0.717) is 10.9 Å². The van der Waals surface area contributed by atoms with Crippen LogP contribution in [0.15, 0.2) is 35.4 Å². The van der Waals surface area contributed by atoms with Gasteiger partial charge in [0.15, 0.2) is 0 Å². The zero-order valence-corrected chi connectivity index (χ0v) is 12.7. The van der Waals surface area contributed by atoms with Gasteiger partial charge < -0.3 is 4.74 Å². The summed E-state index contributed by atoms with van der Waals surface area (Å²) in [7, 11) is 0. The number of esters is 1. The average Bonchev–Trinajstić information content (AvgIpc) is 2.56. The fraction of sp³-hybridized carbons (Fsp3) is 0.471. The van der Waals surface area contributed by atoms with E-state index in [4.69, 9.17) is 4.74 Å². The molecule has 1 fully saturated rings. The number of hydrogen-bond acceptors (Lipinski definition) is 4. The Morgan fingerprint density at radius 1 is 1.27 bits per heavy atom. The fourth-order valence-electron chi connectivity index (χ4n) is 2.92. The van der Waals surface area contributed by atoms with Gasteiger partial charge in [-0.05, 0) is 44.7 Å². The Morgan fingerprint density at radius 2 is 2.00 bits per heavy atom. The lowest BCUT2D eigenvalue weighted by Gasteiger charge is -2.24. The van der Waals surface area contributed by atoms with Gasteiger partial charge in [0, 0.05) is 0 Å². The molecule has 0 saturated heterocycles. The standard InChI is InChI=1S/C17H20N2O3/c1-12(17(21)22-13-7-3-2-4-8-13)19-11-18-15-10-6-5-9-14(15)16(19)20/h5-6,9-13H,2-4,7-8H2,1H3. The lowest BCUT2D eigenvalue weighted by molar-refractivity contribution is -0.154. The molecular weight excluding hydrogens is 280 g/mol. The second kappa shape index (κ2) is 6.30. The summed E-state index contributed by atoms with van der Waals surface area (Å²) in [6.07, 6.45) is 6.67. The van der Waals surface area contributed by atoms with E-state index < -0.39 is 6.04 Å². The minimum atomic E-state index is -0.661. The van der Waals surface area contributed by atoms with Gasteiger partial charge in [-0.3, -0.25) is 9.36 Å². The zero-order chi connectivity index (χ0) is 15.5. The second-order valence-corrected chi connectivity index (χ2v) is 5.85. The molecule has 116 valence electrons. The SMILES string of the molecule is CC(C(=O)OC1CCCCC1)n1cnc2ccccc2c1=O. The Morgan fingerprint density at radius 3 is 2.77 bits per heavy atom. The highest BCUT2D eigenvalue weighted by Gasteiger charge is 2.23. The summed E-state index contributed by atoms with van der Waals surface area (Å²) in [4.78, 5) is 29.0. The van der Waals surface area contributed by atoms with E-state index in [1.165, 1.54) is 17.3 Å². The molecule has 1 unspecified atom stereocenters. The van der Waals surface area contributed by atoms with Crippen LogP contribution in [0, 0.1) is 0 Å². The molecule has 0 bridgehead atoms. The number of hydrogen-bond donors (Lipinski definition) is 0. The van der Waals surface area contributed by atoms with Gasteiger partial charge in [-0.2, -0.15) is 0 Å². The molecule has 0 amide bonds. The van der Waals surface area contributed by atoms with Crippen LogP contribution in [0.4, 0.5) is 0 Å². The summed E-state index contributed by atoms with van der Waals surface area (Å²) in [6, 6.07) is 6.47. The van der Waals surface area contributed by atoms with Crippen LogP contribution in [0.2, 0.25) is 0 Å². The highest BCUT2D eigenvalue weighted by molar-refractivity contribution is 5.78. The molecular formula is C17H20N2O3. The molecule has 0 radical (unpaired) electrons. The number of carbonyl (C=O) groups excluding carboxylic acids is 1. The Hall–Kier alpha value is -2.17. The summed E-state index contributed by atoms with van der Waals surface area (Å²) in [5.41, 5.74) is 0.426. The number of aromatic nitrogens is 2. The van der Waals surface area contributed by atoms with Crippen LogP contribution in [-0.2, 0) is 9.53 Å². The molecule has 1 atom stereocenters. The molecule has 0 N–H and O–H groups in total. The molecule has 1 saturated carbocycles. The maximum atomic E-state index is 12.5. The topological polar surface area (TPSA) is 61.2 Å². The van der Waals surface area contributed by atoms with Gasteiger partial charge in [0.2, 0.25) is 0 Å². The Balaban J connectivity index is 1.82. The van der Waals surface area contributed by atoms with E-state index in [1.807, 2.05) is 6.07 Å². The second-order valence-electron chi connectivity index (χ2n) is 5.85. The van der Waals surface area contributed by atoms with Crippen molar-refractivity contribution in [2.45, 2.75) is 51.2 Å². The monoisotopic (exact) mass is 300 g/mol. The van der Waals surface area contributed by atoms with Crippen LogP contribution in [0.5, 0.6) is 0 Å². The molecule has 3 rings (SSSR count). The van der Waals surface area contributed by atoms with Crippen LogP contribution in [-0.4, -0.2) is 21.6 Å². The molecule has 1 aliphatic carbocycles. The molecule has 1 aromatic heterocycles. The van der Waals surface area contributed by atoms with Crippen molar-refractivity contribution in [2.24, 2.45) is 0 Å². The first-order valence-corrected chi connectivity index (χ1v) is 7.83. The number of nitrogens with zero attached hydrogens (tertiary/aromatic N) is 2. The van der Waals surface area contributed by atoms with E-state index in [-0.39, 0.29) is 17.6 Å². The molecule has 2 aromatic rings. The molecule has 0 spiro atoms. The third-order valence-corrected chi connectivity index (χ3v) is 4.28. The van der Waals surface area contributed by atoms with Gasteiger partial charge >= 0.3 is 5.97 Å². The van der Waals surface area contributed by atoms with Gasteiger partial charge in [-0.1, -0.05) is 18.6 Å². The lowest BCUT2D eigenvalue weighted by Crippen LogP contribution is -2.32. The van der Waals surface area contributed by atoms with Gasteiger partial charge in [0.1, 0.15) is 12.1 Å². The van der Waals surface area contributed by atoms with Gasteiger partial charge in [0.05, 0.1) is 17.2 Å². The first-order chi connectivity index (χ1) is 10.7. The van der Waals surface area contributed by atoms with Crippen molar-refractivity contribution in [3.8, 4) is 0 Å². The predicted octanol–water partition coefficient (Wildman–Crippen LogP) is 2.83. The van der Waals surface area contributed by atoms with E-state index >= 15 is 0 Å². The number of ether oxygens (including phenoxy) is 1. The molecule has 1 aromatic carbocycles. The number of para-hydroxylation sites is 1. The summed E-state index contributed by atoms with van der Waals surface area (Å²) in [5.74, 6) is -0.355. The van der Waals surface area contributed by atoms with Crippen molar-refractivity contribution in [1.29, 1.82) is 0 Å². The van der Waals surface area contributed by atoms with Crippen LogP contribution in [0.25, 0.3) is 10.9 Å². The summed E-state index contributed by atoms with van der Waals surface area (Å²) in [5, 5.41) is 0.516. The van der Waals surface area contributed by atoms with Gasteiger partial charge in [-0.25, -0.2) is 9.78 Å². The Labute approximate surface area is 128 Å². The molecule has 22 heavy (non-hydrogen) atoms. The molecule has 1 heterocycles. The Kier molecular flexibility index (Phi) is 4.22. The maximum Gasteiger partial charge on any atom is 0.329 e. The smallest absolute Gasteiger partial charge is 0.329 e.